The van der Waals surface area contributed by atoms with E-state index in [0.717, 1.165) is 17.7 Å². The molecule has 0 atom stereocenters. The van der Waals surface area contributed by atoms with Gasteiger partial charge in [-0.1, -0.05) is 24.3 Å². The van der Waals surface area contributed by atoms with Crippen LogP contribution in [0.2, 0.25) is 0 Å². The van der Waals surface area contributed by atoms with E-state index >= 15 is 0 Å². The average molecular weight is 310 g/mol. The van der Waals surface area contributed by atoms with Crippen LogP contribution in [0.1, 0.15) is 22.8 Å². The fourth-order valence-electron chi connectivity index (χ4n) is 2.92. The first-order valence-electron chi connectivity index (χ1n) is 7.46. The predicted molar refractivity (Wildman–Crippen MR) is 89.1 cm³/mol. The molecule has 118 valence electrons. The summed E-state index contributed by atoms with van der Waals surface area (Å²) in [6, 6.07) is 12.8. The lowest BCUT2D eigenvalue weighted by atomic mass is 10.1. The minimum atomic E-state index is -0.157. The number of para-hydroxylation sites is 2. The smallest absolute Gasteiger partial charge is 0.262 e. The van der Waals surface area contributed by atoms with Crippen LogP contribution >= 0.6 is 0 Å². The van der Waals surface area contributed by atoms with Gasteiger partial charge in [0.2, 0.25) is 5.91 Å². The van der Waals surface area contributed by atoms with E-state index in [1.165, 1.54) is 6.92 Å². The molecule has 5 nitrogen and oxygen atoms in total. The van der Waals surface area contributed by atoms with E-state index in [1.807, 2.05) is 30.3 Å². The molecule has 1 aliphatic heterocycles. The van der Waals surface area contributed by atoms with Crippen LogP contribution in [0.25, 0.3) is 0 Å². The van der Waals surface area contributed by atoms with E-state index < -0.39 is 0 Å². The number of hydrogen-bond acceptors (Lipinski definition) is 3. The number of carbonyl (C=O) groups excluding carboxylic acids is 2. The Morgan fingerprint density at radius 1 is 1.13 bits per heavy atom. The Labute approximate surface area is 134 Å². The van der Waals surface area contributed by atoms with Gasteiger partial charge < -0.3 is 15.0 Å². The van der Waals surface area contributed by atoms with Crippen molar-refractivity contribution in [2.24, 2.45) is 0 Å². The van der Waals surface area contributed by atoms with Gasteiger partial charge in [0, 0.05) is 13.5 Å². The van der Waals surface area contributed by atoms with Gasteiger partial charge in [0.25, 0.3) is 5.91 Å². The standard InChI is InChI=1S/C18H18N2O3/c1-12(21)19-15-8-5-6-13-10-11-20(17(13)15)18(22)14-7-3-4-9-16(14)23-2/h3-9H,10-11H2,1-2H3,(H,19,21). The third-order valence-electron chi connectivity index (χ3n) is 3.89. The lowest BCUT2D eigenvalue weighted by molar-refractivity contribution is -0.114. The first-order chi connectivity index (χ1) is 11.1. The average Bonchev–Trinajstić information content (AvgIpc) is 2.99. The molecule has 0 aromatic heterocycles. The molecule has 1 N–H and O–H groups in total. The monoisotopic (exact) mass is 310 g/mol. The first-order valence-corrected chi connectivity index (χ1v) is 7.46. The van der Waals surface area contributed by atoms with Crippen molar-refractivity contribution in [3.05, 3.63) is 53.6 Å². The van der Waals surface area contributed by atoms with E-state index in [2.05, 4.69) is 5.32 Å². The van der Waals surface area contributed by atoms with Crippen molar-refractivity contribution in [2.45, 2.75) is 13.3 Å². The molecule has 1 aliphatic rings. The zero-order chi connectivity index (χ0) is 16.4. The summed E-state index contributed by atoms with van der Waals surface area (Å²) in [4.78, 5) is 26.1. The molecule has 3 rings (SSSR count). The van der Waals surface area contributed by atoms with Crippen LogP contribution in [-0.4, -0.2) is 25.5 Å². The van der Waals surface area contributed by atoms with Crippen molar-refractivity contribution in [1.82, 2.24) is 0 Å². The fraction of sp³-hybridized carbons (Fsp3) is 0.222. The molecule has 0 unspecified atom stereocenters. The number of benzene rings is 2. The van der Waals surface area contributed by atoms with Gasteiger partial charge in [-0.15, -0.1) is 0 Å². The number of rotatable bonds is 3. The highest BCUT2D eigenvalue weighted by molar-refractivity contribution is 6.11. The number of hydrogen-bond donors (Lipinski definition) is 1. The fourth-order valence-corrected chi connectivity index (χ4v) is 2.92. The third-order valence-corrected chi connectivity index (χ3v) is 3.89. The second kappa shape index (κ2) is 6.12. The number of anilines is 2. The summed E-state index contributed by atoms with van der Waals surface area (Å²) in [6.45, 7) is 2.05. The van der Waals surface area contributed by atoms with Crippen LogP contribution in [0.4, 0.5) is 11.4 Å². The maximum atomic E-state index is 13.0. The maximum absolute atomic E-state index is 13.0. The Bertz CT molecular complexity index is 771. The van der Waals surface area contributed by atoms with Crippen molar-refractivity contribution >= 4 is 23.2 Å². The maximum Gasteiger partial charge on any atom is 0.262 e. The summed E-state index contributed by atoms with van der Waals surface area (Å²) in [6.07, 6.45) is 0.768. The highest BCUT2D eigenvalue weighted by atomic mass is 16.5. The highest BCUT2D eigenvalue weighted by Gasteiger charge is 2.29. The summed E-state index contributed by atoms with van der Waals surface area (Å²) in [5.74, 6) is 0.261. The van der Waals surface area contributed by atoms with Gasteiger partial charge in [-0.25, -0.2) is 0 Å². The summed E-state index contributed by atoms with van der Waals surface area (Å²) < 4.78 is 5.29. The number of nitrogens with zero attached hydrogens (tertiary/aromatic N) is 1. The van der Waals surface area contributed by atoms with Gasteiger partial charge in [-0.05, 0) is 30.2 Å². The van der Waals surface area contributed by atoms with Gasteiger partial charge in [0.15, 0.2) is 0 Å². The molecule has 5 heteroatoms. The second-order valence-electron chi connectivity index (χ2n) is 5.40. The van der Waals surface area contributed by atoms with Gasteiger partial charge in [0.1, 0.15) is 5.75 Å². The quantitative estimate of drug-likeness (QED) is 0.948. The molecule has 0 aliphatic carbocycles. The summed E-state index contributed by atoms with van der Waals surface area (Å²) >= 11 is 0. The summed E-state index contributed by atoms with van der Waals surface area (Å²) in [5.41, 5.74) is 3.01. The van der Waals surface area contributed by atoms with E-state index in [9.17, 15) is 9.59 Å². The van der Waals surface area contributed by atoms with Crippen molar-refractivity contribution < 1.29 is 14.3 Å². The molecule has 2 aromatic rings. The highest BCUT2D eigenvalue weighted by Crippen LogP contribution is 2.37. The number of methoxy groups -OCH3 is 1. The molecule has 0 radical (unpaired) electrons. The number of fused-ring (bicyclic) bond motifs is 1. The number of nitrogens with one attached hydrogen (secondary N) is 1. The normalized spacial score (nSPS) is 12.7. The van der Waals surface area contributed by atoms with Crippen LogP contribution in [0.3, 0.4) is 0 Å². The Kier molecular flexibility index (Phi) is 4.02. The molecule has 1 heterocycles. The molecule has 0 saturated heterocycles. The van der Waals surface area contributed by atoms with E-state index in [1.54, 1.807) is 24.1 Å². The Balaban J connectivity index is 2.02. The van der Waals surface area contributed by atoms with E-state index in [4.69, 9.17) is 4.74 Å². The minimum absolute atomic E-state index is 0.126. The molecule has 0 bridgehead atoms. The van der Waals surface area contributed by atoms with Crippen LogP contribution < -0.4 is 15.0 Å². The van der Waals surface area contributed by atoms with Gasteiger partial charge >= 0.3 is 0 Å². The van der Waals surface area contributed by atoms with Crippen LogP contribution in [-0.2, 0) is 11.2 Å². The zero-order valence-corrected chi connectivity index (χ0v) is 13.1. The van der Waals surface area contributed by atoms with Crippen LogP contribution in [0.15, 0.2) is 42.5 Å². The zero-order valence-electron chi connectivity index (χ0n) is 13.1. The number of amides is 2. The summed E-state index contributed by atoms with van der Waals surface area (Å²) in [5, 5.41) is 2.81. The topological polar surface area (TPSA) is 58.6 Å². The van der Waals surface area contributed by atoms with Crippen molar-refractivity contribution in [1.29, 1.82) is 0 Å². The molecule has 0 spiro atoms. The third kappa shape index (κ3) is 2.77. The van der Waals surface area contributed by atoms with Crippen LogP contribution in [0, 0.1) is 0 Å². The largest absolute Gasteiger partial charge is 0.496 e. The van der Waals surface area contributed by atoms with Crippen molar-refractivity contribution in [3.63, 3.8) is 0 Å². The Morgan fingerprint density at radius 2 is 1.91 bits per heavy atom. The Hall–Kier alpha value is -2.82. The van der Waals surface area contributed by atoms with Gasteiger partial charge in [-0.2, -0.15) is 0 Å². The van der Waals surface area contributed by atoms with Crippen LogP contribution in [0.5, 0.6) is 5.75 Å². The Morgan fingerprint density at radius 3 is 2.65 bits per heavy atom. The van der Waals surface area contributed by atoms with Gasteiger partial charge in [0.05, 0.1) is 24.0 Å². The molecule has 0 fully saturated rings. The van der Waals surface area contributed by atoms with E-state index in [0.29, 0.717) is 23.5 Å². The lowest BCUT2D eigenvalue weighted by Gasteiger charge is -2.21. The first kappa shape index (κ1) is 15.1. The van der Waals surface area contributed by atoms with Gasteiger partial charge in [-0.3, -0.25) is 9.59 Å². The SMILES string of the molecule is COc1ccccc1C(=O)N1CCc2cccc(NC(C)=O)c21. The molecule has 2 aromatic carbocycles. The minimum Gasteiger partial charge on any atom is -0.496 e. The van der Waals surface area contributed by atoms with E-state index in [-0.39, 0.29) is 11.8 Å². The summed E-state index contributed by atoms with van der Waals surface area (Å²) in [7, 11) is 1.55. The second-order valence-corrected chi connectivity index (χ2v) is 5.40. The molecular weight excluding hydrogens is 292 g/mol. The molecule has 2 amide bonds. The van der Waals surface area contributed by atoms with Crippen molar-refractivity contribution in [3.8, 4) is 5.75 Å². The molecule has 0 saturated carbocycles. The number of ether oxygens (including phenoxy) is 1. The lowest BCUT2D eigenvalue weighted by Crippen LogP contribution is -2.30. The van der Waals surface area contributed by atoms with Crippen molar-refractivity contribution in [2.75, 3.05) is 23.9 Å². The number of carbonyl (C=O) groups is 2. The predicted octanol–water partition coefficient (Wildman–Crippen LogP) is 2.86. The molecular formula is C18H18N2O3. The molecule has 23 heavy (non-hydrogen) atoms.